The van der Waals surface area contributed by atoms with Gasteiger partial charge in [-0.3, -0.25) is 9.63 Å². The minimum atomic E-state index is -4.80. The third kappa shape index (κ3) is 7.82. The Bertz CT molecular complexity index is 1110. The molecule has 0 radical (unpaired) electrons. The molecule has 3 aliphatic heterocycles. The summed E-state index contributed by atoms with van der Waals surface area (Å²) in [4.78, 5) is 18.7. The molecule has 41 heavy (non-hydrogen) atoms. The first-order valence-corrected chi connectivity index (χ1v) is 15.2. The Balaban J connectivity index is 1.40. The summed E-state index contributed by atoms with van der Waals surface area (Å²) in [6.07, 6.45) is -2.39. The molecule has 15 heteroatoms. The molecule has 4 rings (SSSR count). The zero-order chi connectivity index (χ0) is 29.7. The molecule has 3 saturated heterocycles. The van der Waals surface area contributed by atoms with E-state index in [9.17, 15) is 31.5 Å². The maximum atomic E-state index is 13.9. The van der Waals surface area contributed by atoms with Crippen molar-refractivity contribution in [3.05, 3.63) is 24.3 Å². The predicted molar refractivity (Wildman–Crippen MR) is 139 cm³/mol. The number of carboxylic acids is 1. The molecule has 0 spiro atoms. The number of methoxy groups -OCH3 is 1. The van der Waals surface area contributed by atoms with Gasteiger partial charge in [-0.05, 0) is 69.2 Å². The van der Waals surface area contributed by atoms with Crippen LogP contribution in [-0.4, -0.2) is 98.4 Å². The first-order chi connectivity index (χ1) is 19.4. The van der Waals surface area contributed by atoms with Gasteiger partial charge in [0.15, 0.2) is 11.0 Å². The summed E-state index contributed by atoms with van der Waals surface area (Å²) in [5, 5.41) is 12.0. The third-order valence-electron chi connectivity index (χ3n) is 7.74. The van der Waals surface area contributed by atoms with E-state index < -0.39 is 45.5 Å². The standard InChI is InChI=1S/C26H37F3N2O9S/c1-36-17-11-19-18-25(24(32)33,12-15-31(19)40-23-4-2-3-16-37-23)41(34,35)30-13-9-21(10-14-30)38-20-5-7-22(8-6-20)39-26(27,28)29/h5-8,19,21,23H,2-4,9-18H2,1H3,(H,32,33). The van der Waals surface area contributed by atoms with Crippen molar-refractivity contribution in [1.29, 1.82) is 0 Å². The molecule has 1 aromatic rings. The molecule has 3 heterocycles. The van der Waals surface area contributed by atoms with Crippen LogP contribution in [0.25, 0.3) is 0 Å². The number of nitrogens with zero attached hydrogens (tertiary/aromatic N) is 2. The van der Waals surface area contributed by atoms with Gasteiger partial charge in [-0.1, -0.05) is 0 Å². The van der Waals surface area contributed by atoms with E-state index in [1.165, 1.54) is 23.5 Å². The van der Waals surface area contributed by atoms with Crippen molar-refractivity contribution in [2.75, 3.05) is 40.0 Å². The van der Waals surface area contributed by atoms with Crippen LogP contribution in [0.2, 0.25) is 0 Å². The maximum absolute atomic E-state index is 13.9. The summed E-state index contributed by atoms with van der Waals surface area (Å²) >= 11 is 0. The fourth-order valence-electron chi connectivity index (χ4n) is 5.53. The van der Waals surface area contributed by atoms with Gasteiger partial charge in [-0.25, -0.2) is 12.7 Å². The lowest BCUT2D eigenvalue weighted by Crippen LogP contribution is -2.62. The number of hydrogen-bond acceptors (Lipinski definition) is 9. The molecular formula is C26H37F3N2O9S. The molecule has 0 bridgehead atoms. The van der Waals surface area contributed by atoms with Gasteiger partial charge in [-0.15, -0.1) is 13.2 Å². The number of carboxylic acid groups (broad SMARTS) is 1. The van der Waals surface area contributed by atoms with Crippen LogP contribution in [0.4, 0.5) is 13.2 Å². The Kier molecular flexibility index (Phi) is 10.4. The van der Waals surface area contributed by atoms with Gasteiger partial charge in [0.2, 0.25) is 10.0 Å². The van der Waals surface area contributed by atoms with Crippen molar-refractivity contribution in [1.82, 2.24) is 9.37 Å². The largest absolute Gasteiger partial charge is 0.573 e. The number of ether oxygens (including phenoxy) is 4. The van der Waals surface area contributed by atoms with Crippen molar-refractivity contribution in [2.24, 2.45) is 0 Å². The van der Waals surface area contributed by atoms with Gasteiger partial charge in [0.25, 0.3) is 0 Å². The maximum Gasteiger partial charge on any atom is 0.573 e. The molecule has 3 fully saturated rings. The highest BCUT2D eigenvalue weighted by Crippen LogP contribution is 2.39. The molecule has 1 aromatic carbocycles. The highest BCUT2D eigenvalue weighted by molar-refractivity contribution is 7.91. The van der Waals surface area contributed by atoms with E-state index in [2.05, 4.69) is 4.74 Å². The van der Waals surface area contributed by atoms with E-state index in [4.69, 9.17) is 19.0 Å². The van der Waals surface area contributed by atoms with E-state index in [1.54, 1.807) is 5.06 Å². The molecule has 3 atom stereocenters. The van der Waals surface area contributed by atoms with Gasteiger partial charge in [0.05, 0.1) is 0 Å². The zero-order valence-electron chi connectivity index (χ0n) is 22.9. The number of hydrogen-bond donors (Lipinski definition) is 1. The van der Waals surface area contributed by atoms with Crippen LogP contribution in [0.5, 0.6) is 11.5 Å². The van der Waals surface area contributed by atoms with E-state index in [0.29, 0.717) is 31.8 Å². The Labute approximate surface area is 237 Å². The number of rotatable bonds is 11. The monoisotopic (exact) mass is 610 g/mol. The van der Waals surface area contributed by atoms with Crippen LogP contribution in [-0.2, 0) is 29.1 Å². The van der Waals surface area contributed by atoms with Crippen molar-refractivity contribution < 1.29 is 55.3 Å². The average molecular weight is 611 g/mol. The summed E-state index contributed by atoms with van der Waals surface area (Å²) in [6, 6.07) is 4.45. The van der Waals surface area contributed by atoms with E-state index >= 15 is 0 Å². The number of halogens is 3. The molecule has 0 amide bonds. The molecule has 1 N–H and O–H groups in total. The molecular weight excluding hydrogens is 573 g/mol. The Morgan fingerprint density at radius 2 is 1.78 bits per heavy atom. The lowest BCUT2D eigenvalue weighted by atomic mass is 9.89. The second-order valence-corrected chi connectivity index (χ2v) is 12.7. The SMILES string of the molecule is COCCC1CC(C(=O)O)(S(=O)(=O)N2CCC(Oc3ccc(OC(F)(F)F)cc3)CC2)CCN1OC1CCCCO1. The topological polar surface area (TPSA) is 124 Å². The quantitative estimate of drug-likeness (QED) is 0.398. The van der Waals surface area contributed by atoms with Crippen molar-refractivity contribution in [3.63, 3.8) is 0 Å². The Hall–Kier alpha value is -2.17. The average Bonchev–Trinajstić information content (AvgIpc) is 2.93. The summed E-state index contributed by atoms with van der Waals surface area (Å²) in [5.74, 6) is -1.46. The van der Waals surface area contributed by atoms with Crippen LogP contribution in [0.1, 0.15) is 51.4 Å². The number of carbonyl (C=O) groups is 1. The molecule has 232 valence electrons. The summed E-state index contributed by atoms with van der Waals surface area (Å²) in [5.41, 5.74) is 0. The second-order valence-electron chi connectivity index (χ2n) is 10.5. The number of benzene rings is 1. The smallest absolute Gasteiger partial charge is 0.490 e. The molecule has 3 unspecified atom stereocenters. The van der Waals surface area contributed by atoms with Crippen molar-refractivity contribution >= 4 is 16.0 Å². The highest BCUT2D eigenvalue weighted by Gasteiger charge is 2.58. The van der Waals surface area contributed by atoms with Crippen molar-refractivity contribution in [2.45, 2.75) is 80.9 Å². The summed E-state index contributed by atoms with van der Waals surface area (Å²) in [6.45, 7) is 1.09. The van der Waals surface area contributed by atoms with Crippen LogP contribution in [0.15, 0.2) is 24.3 Å². The predicted octanol–water partition coefficient (Wildman–Crippen LogP) is 3.54. The first kappa shape index (κ1) is 31.8. The van der Waals surface area contributed by atoms with Gasteiger partial charge in [-0.2, -0.15) is 5.06 Å². The fourth-order valence-corrected chi connectivity index (χ4v) is 7.69. The Morgan fingerprint density at radius 1 is 1.10 bits per heavy atom. The number of alkyl halides is 3. The number of hydroxylamine groups is 2. The lowest BCUT2D eigenvalue weighted by molar-refractivity contribution is -0.312. The number of sulfonamides is 1. The minimum Gasteiger partial charge on any atom is -0.490 e. The van der Waals surface area contributed by atoms with Gasteiger partial charge in [0, 0.05) is 52.4 Å². The van der Waals surface area contributed by atoms with Gasteiger partial charge < -0.3 is 24.1 Å². The number of aliphatic carboxylic acids is 1. The Morgan fingerprint density at radius 3 is 2.37 bits per heavy atom. The zero-order valence-corrected chi connectivity index (χ0v) is 23.7. The highest BCUT2D eigenvalue weighted by atomic mass is 32.2. The number of piperidine rings is 2. The molecule has 0 aliphatic carbocycles. The normalized spacial score (nSPS) is 27.4. The van der Waals surface area contributed by atoms with Gasteiger partial charge >= 0.3 is 12.3 Å². The van der Waals surface area contributed by atoms with E-state index in [1.807, 2.05) is 0 Å². The van der Waals surface area contributed by atoms with Gasteiger partial charge in [0.1, 0.15) is 17.6 Å². The molecule has 11 nitrogen and oxygen atoms in total. The second kappa shape index (κ2) is 13.4. The summed E-state index contributed by atoms with van der Waals surface area (Å²) < 4.78 is 84.8. The lowest BCUT2D eigenvalue weighted by Gasteiger charge is -2.46. The van der Waals surface area contributed by atoms with E-state index in [-0.39, 0.29) is 51.1 Å². The third-order valence-corrected chi connectivity index (χ3v) is 10.3. The molecule has 0 aromatic heterocycles. The minimum absolute atomic E-state index is 0.0518. The van der Waals surface area contributed by atoms with Crippen LogP contribution < -0.4 is 9.47 Å². The van der Waals surface area contributed by atoms with Crippen molar-refractivity contribution in [3.8, 4) is 11.5 Å². The fraction of sp³-hybridized carbons (Fsp3) is 0.731. The van der Waals surface area contributed by atoms with Crippen LogP contribution in [0, 0.1) is 0 Å². The molecule has 3 aliphatic rings. The van der Waals surface area contributed by atoms with Crippen LogP contribution in [0.3, 0.4) is 0 Å². The first-order valence-electron chi connectivity index (χ1n) is 13.7. The van der Waals surface area contributed by atoms with E-state index in [0.717, 1.165) is 25.0 Å². The molecule has 0 saturated carbocycles. The van der Waals surface area contributed by atoms with Crippen LogP contribution >= 0.6 is 0 Å². The summed E-state index contributed by atoms with van der Waals surface area (Å²) in [7, 11) is -2.75.